The first-order chi connectivity index (χ1) is 9.51. The first-order valence-electron chi connectivity index (χ1n) is 7.80. The summed E-state index contributed by atoms with van der Waals surface area (Å²) in [6.07, 6.45) is 2.36. The Balaban J connectivity index is 2.27. The second kappa shape index (κ2) is 6.04. The molecule has 0 radical (unpaired) electrons. The summed E-state index contributed by atoms with van der Waals surface area (Å²) in [6.45, 7) is 9.05. The van der Waals surface area contributed by atoms with Crippen molar-refractivity contribution in [3.63, 3.8) is 0 Å². The van der Waals surface area contributed by atoms with Crippen molar-refractivity contribution in [1.29, 1.82) is 0 Å². The van der Waals surface area contributed by atoms with Gasteiger partial charge >= 0.3 is 0 Å². The molecular formula is C17H29N3. The molecule has 1 aromatic carbocycles. The summed E-state index contributed by atoms with van der Waals surface area (Å²) in [5.74, 6) is 0. The predicted molar refractivity (Wildman–Crippen MR) is 88.9 cm³/mol. The molecule has 1 saturated heterocycles. The number of benzene rings is 1. The van der Waals surface area contributed by atoms with Crippen LogP contribution in [0.5, 0.6) is 0 Å². The minimum absolute atomic E-state index is 0.265. The fourth-order valence-corrected chi connectivity index (χ4v) is 3.03. The number of hydrogen-bond donors (Lipinski definition) is 1. The number of piperazine rings is 1. The molecule has 1 N–H and O–H groups in total. The van der Waals surface area contributed by atoms with Crippen molar-refractivity contribution in [2.75, 3.05) is 37.0 Å². The Hall–Kier alpha value is -1.22. The van der Waals surface area contributed by atoms with Crippen LogP contribution in [0.2, 0.25) is 0 Å². The zero-order valence-corrected chi connectivity index (χ0v) is 13.6. The van der Waals surface area contributed by atoms with Crippen LogP contribution < -0.4 is 15.1 Å². The van der Waals surface area contributed by atoms with Gasteiger partial charge < -0.3 is 15.1 Å². The van der Waals surface area contributed by atoms with Gasteiger partial charge in [-0.3, -0.25) is 0 Å². The molecule has 0 bridgehead atoms. The molecule has 1 unspecified atom stereocenters. The number of hydrogen-bond acceptors (Lipinski definition) is 3. The van der Waals surface area contributed by atoms with Gasteiger partial charge in [-0.25, -0.2) is 0 Å². The number of anilines is 2. The second-order valence-corrected chi connectivity index (χ2v) is 6.26. The van der Waals surface area contributed by atoms with E-state index < -0.39 is 0 Å². The van der Waals surface area contributed by atoms with Crippen molar-refractivity contribution in [3.05, 3.63) is 24.3 Å². The van der Waals surface area contributed by atoms with E-state index in [2.05, 4.69) is 74.2 Å². The highest BCUT2D eigenvalue weighted by Gasteiger charge is 2.35. The minimum atomic E-state index is 0.265. The Labute approximate surface area is 124 Å². The van der Waals surface area contributed by atoms with E-state index in [1.165, 1.54) is 24.2 Å². The lowest BCUT2D eigenvalue weighted by molar-refractivity contribution is 0.254. The second-order valence-electron chi connectivity index (χ2n) is 6.26. The van der Waals surface area contributed by atoms with Crippen LogP contribution in [0.3, 0.4) is 0 Å². The van der Waals surface area contributed by atoms with Crippen LogP contribution in [0.1, 0.15) is 33.6 Å². The normalized spacial score (nSPS) is 21.9. The molecule has 2 rings (SSSR count). The zero-order valence-electron chi connectivity index (χ0n) is 13.6. The van der Waals surface area contributed by atoms with E-state index >= 15 is 0 Å². The summed E-state index contributed by atoms with van der Waals surface area (Å²) in [6, 6.07) is 9.42. The third-order valence-electron chi connectivity index (χ3n) is 4.81. The van der Waals surface area contributed by atoms with Gasteiger partial charge in [-0.05, 0) is 38.0 Å². The van der Waals surface area contributed by atoms with Crippen LogP contribution in [0.4, 0.5) is 11.4 Å². The van der Waals surface area contributed by atoms with Gasteiger partial charge in [0.1, 0.15) is 0 Å². The monoisotopic (exact) mass is 275 g/mol. The molecule has 20 heavy (non-hydrogen) atoms. The fraction of sp³-hybridized carbons (Fsp3) is 0.647. The predicted octanol–water partition coefficient (Wildman–Crippen LogP) is 3.11. The first-order valence-corrected chi connectivity index (χ1v) is 7.80. The highest BCUT2D eigenvalue weighted by molar-refractivity contribution is 5.59. The maximum Gasteiger partial charge on any atom is 0.0390 e. The Morgan fingerprint density at radius 1 is 1.30 bits per heavy atom. The molecule has 0 aliphatic carbocycles. The van der Waals surface area contributed by atoms with Crippen molar-refractivity contribution in [2.45, 2.75) is 45.2 Å². The van der Waals surface area contributed by atoms with Crippen LogP contribution in [-0.4, -0.2) is 38.8 Å². The average Bonchev–Trinajstić information content (AvgIpc) is 2.48. The standard InChI is InChI=1S/C17H29N3/c1-6-17(7-2)13-20(14(3)12-18-17)16-10-8-9-15(11-16)19(4)5/h8-11,14,18H,6-7,12-13H2,1-5H3. The lowest BCUT2D eigenvalue weighted by atomic mass is 9.88. The van der Waals surface area contributed by atoms with Crippen molar-refractivity contribution in [3.8, 4) is 0 Å². The van der Waals surface area contributed by atoms with Crippen molar-refractivity contribution in [1.82, 2.24) is 5.32 Å². The lowest BCUT2D eigenvalue weighted by Gasteiger charge is -2.47. The van der Waals surface area contributed by atoms with Gasteiger partial charge in [-0.2, -0.15) is 0 Å². The molecule has 112 valence electrons. The summed E-state index contributed by atoms with van der Waals surface area (Å²) < 4.78 is 0. The molecule has 1 aliphatic heterocycles. The van der Waals surface area contributed by atoms with Gasteiger partial charge in [0, 0.05) is 50.1 Å². The third-order valence-corrected chi connectivity index (χ3v) is 4.81. The number of nitrogens with zero attached hydrogens (tertiary/aromatic N) is 2. The topological polar surface area (TPSA) is 18.5 Å². The highest BCUT2D eigenvalue weighted by Crippen LogP contribution is 2.29. The molecule has 1 aromatic rings. The summed E-state index contributed by atoms with van der Waals surface area (Å²) >= 11 is 0. The molecular weight excluding hydrogens is 246 g/mol. The maximum absolute atomic E-state index is 3.77. The summed E-state index contributed by atoms with van der Waals surface area (Å²) in [7, 11) is 4.20. The number of nitrogens with one attached hydrogen (secondary N) is 1. The van der Waals surface area contributed by atoms with E-state index in [-0.39, 0.29) is 5.54 Å². The SMILES string of the molecule is CCC1(CC)CN(c2cccc(N(C)C)c2)C(C)CN1. The van der Waals surface area contributed by atoms with Gasteiger partial charge in [0.2, 0.25) is 0 Å². The van der Waals surface area contributed by atoms with E-state index in [9.17, 15) is 0 Å². The molecule has 3 heteroatoms. The van der Waals surface area contributed by atoms with Gasteiger partial charge in [0.25, 0.3) is 0 Å². The third kappa shape index (κ3) is 2.93. The van der Waals surface area contributed by atoms with E-state index in [4.69, 9.17) is 0 Å². The molecule has 1 fully saturated rings. The Bertz CT molecular complexity index is 438. The quantitative estimate of drug-likeness (QED) is 0.911. The summed E-state index contributed by atoms with van der Waals surface area (Å²) in [5.41, 5.74) is 2.88. The van der Waals surface area contributed by atoms with Crippen LogP contribution >= 0.6 is 0 Å². The first kappa shape index (κ1) is 15.2. The molecule has 1 atom stereocenters. The molecule has 3 nitrogen and oxygen atoms in total. The molecule has 0 saturated carbocycles. The van der Waals surface area contributed by atoms with Crippen LogP contribution in [0.15, 0.2) is 24.3 Å². The molecule has 1 heterocycles. The van der Waals surface area contributed by atoms with Gasteiger partial charge in [0.05, 0.1) is 0 Å². The van der Waals surface area contributed by atoms with Gasteiger partial charge in [-0.15, -0.1) is 0 Å². The fourth-order valence-electron chi connectivity index (χ4n) is 3.03. The van der Waals surface area contributed by atoms with E-state index in [1.54, 1.807) is 0 Å². The Kier molecular flexibility index (Phi) is 4.59. The Morgan fingerprint density at radius 3 is 2.60 bits per heavy atom. The molecule has 1 aliphatic rings. The van der Waals surface area contributed by atoms with Gasteiger partial charge in [0.15, 0.2) is 0 Å². The smallest absolute Gasteiger partial charge is 0.0390 e. The van der Waals surface area contributed by atoms with Crippen LogP contribution in [-0.2, 0) is 0 Å². The Morgan fingerprint density at radius 2 is 2.00 bits per heavy atom. The molecule has 0 aromatic heterocycles. The number of rotatable bonds is 4. The van der Waals surface area contributed by atoms with Crippen LogP contribution in [0.25, 0.3) is 0 Å². The van der Waals surface area contributed by atoms with Crippen LogP contribution in [0, 0.1) is 0 Å². The summed E-state index contributed by atoms with van der Waals surface area (Å²) in [4.78, 5) is 4.74. The minimum Gasteiger partial charge on any atom is -0.378 e. The average molecular weight is 275 g/mol. The van der Waals surface area contributed by atoms with Crippen molar-refractivity contribution < 1.29 is 0 Å². The van der Waals surface area contributed by atoms with Gasteiger partial charge in [-0.1, -0.05) is 19.9 Å². The molecule has 0 amide bonds. The zero-order chi connectivity index (χ0) is 14.8. The van der Waals surface area contributed by atoms with Crippen molar-refractivity contribution in [2.24, 2.45) is 0 Å². The largest absolute Gasteiger partial charge is 0.378 e. The highest BCUT2D eigenvalue weighted by atomic mass is 15.3. The van der Waals surface area contributed by atoms with E-state index in [0.29, 0.717) is 6.04 Å². The van der Waals surface area contributed by atoms with E-state index in [1.807, 2.05) is 0 Å². The maximum atomic E-state index is 3.77. The van der Waals surface area contributed by atoms with E-state index in [0.717, 1.165) is 13.1 Å². The molecule has 0 spiro atoms. The summed E-state index contributed by atoms with van der Waals surface area (Å²) in [5, 5.41) is 3.77. The van der Waals surface area contributed by atoms with Crippen molar-refractivity contribution >= 4 is 11.4 Å². The lowest BCUT2D eigenvalue weighted by Crippen LogP contribution is -2.63.